The molecule has 122 valence electrons. The number of hydrogen-bond acceptors (Lipinski definition) is 4. The SMILES string of the molecule is OCCn1c2ccccc2n2c(SCc3ccc(Cl)cc3)nnc12. The number of fused-ring (bicyclic) bond motifs is 3. The number of thioether (sulfide) groups is 1. The molecule has 0 aliphatic rings. The van der Waals surface area contributed by atoms with Gasteiger partial charge in [-0.3, -0.25) is 4.40 Å². The van der Waals surface area contributed by atoms with Crippen LogP contribution in [0.3, 0.4) is 0 Å². The summed E-state index contributed by atoms with van der Waals surface area (Å²) >= 11 is 7.56. The molecule has 2 aromatic carbocycles. The van der Waals surface area contributed by atoms with Gasteiger partial charge in [0.15, 0.2) is 5.16 Å². The lowest BCUT2D eigenvalue weighted by atomic mass is 10.2. The summed E-state index contributed by atoms with van der Waals surface area (Å²) in [5.74, 6) is 1.54. The van der Waals surface area contributed by atoms with E-state index < -0.39 is 0 Å². The molecule has 2 aromatic heterocycles. The highest BCUT2D eigenvalue weighted by Crippen LogP contribution is 2.27. The largest absolute Gasteiger partial charge is 0.395 e. The Bertz CT molecular complexity index is 993. The second-order valence-electron chi connectivity index (χ2n) is 5.40. The van der Waals surface area contributed by atoms with Crippen molar-refractivity contribution in [3.05, 3.63) is 59.1 Å². The minimum atomic E-state index is 0.0639. The molecule has 0 saturated heterocycles. The van der Waals surface area contributed by atoms with E-state index in [0.717, 1.165) is 32.7 Å². The van der Waals surface area contributed by atoms with E-state index in [1.807, 2.05) is 57.5 Å². The van der Waals surface area contributed by atoms with Crippen molar-refractivity contribution in [3.8, 4) is 0 Å². The Hall–Kier alpha value is -2.02. The summed E-state index contributed by atoms with van der Waals surface area (Å²) in [6, 6.07) is 15.9. The van der Waals surface area contributed by atoms with Crippen molar-refractivity contribution in [2.75, 3.05) is 6.61 Å². The molecule has 24 heavy (non-hydrogen) atoms. The number of imidazole rings is 1. The summed E-state index contributed by atoms with van der Waals surface area (Å²) in [6.45, 7) is 0.561. The second kappa shape index (κ2) is 6.47. The van der Waals surface area contributed by atoms with Gasteiger partial charge in [0.25, 0.3) is 0 Å². The van der Waals surface area contributed by atoms with Crippen LogP contribution < -0.4 is 0 Å². The standard InChI is InChI=1S/C17H15ClN4OS/c18-13-7-5-12(6-8-13)11-24-17-20-19-16-21(9-10-23)14-3-1-2-4-15(14)22(16)17/h1-8,23H,9-11H2. The highest BCUT2D eigenvalue weighted by Gasteiger charge is 2.16. The third-order valence-electron chi connectivity index (χ3n) is 3.88. The van der Waals surface area contributed by atoms with Crippen LogP contribution in [-0.4, -0.2) is 30.9 Å². The normalized spacial score (nSPS) is 11.6. The first-order valence-corrected chi connectivity index (χ1v) is 8.95. The van der Waals surface area contributed by atoms with Crippen LogP contribution in [0.25, 0.3) is 16.8 Å². The van der Waals surface area contributed by atoms with Crippen molar-refractivity contribution in [2.45, 2.75) is 17.5 Å². The molecule has 7 heteroatoms. The van der Waals surface area contributed by atoms with Crippen molar-refractivity contribution in [1.82, 2.24) is 19.2 Å². The van der Waals surface area contributed by atoms with Crippen LogP contribution in [0, 0.1) is 0 Å². The molecule has 0 atom stereocenters. The van der Waals surface area contributed by atoms with Crippen LogP contribution in [-0.2, 0) is 12.3 Å². The number of nitrogens with zero attached hydrogens (tertiary/aromatic N) is 4. The van der Waals surface area contributed by atoms with Gasteiger partial charge in [0.05, 0.1) is 17.6 Å². The summed E-state index contributed by atoms with van der Waals surface area (Å²) in [4.78, 5) is 0. The van der Waals surface area contributed by atoms with E-state index in [1.54, 1.807) is 11.8 Å². The van der Waals surface area contributed by atoms with E-state index >= 15 is 0 Å². The van der Waals surface area contributed by atoms with Gasteiger partial charge in [0.2, 0.25) is 5.78 Å². The molecule has 0 saturated carbocycles. The number of aliphatic hydroxyl groups excluding tert-OH is 1. The number of para-hydroxylation sites is 2. The van der Waals surface area contributed by atoms with Crippen molar-refractivity contribution >= 4 is 40.2 Å². The molecule has 0 unspecified atom stereocenters. The maximum absolute atomic E-state index is 9.34. The van der Waals surface area contributed by atoms with Crippen molar-refractivity contribution in [2.24, 2.45) is 0 Å². The highest BCUT2D eigenvalue weighted by atomic mass is 35.5. The molecule has 5 nitrogen and oxygen atoms in total. The highest BCUT2D eigenvalue weighted by molar-refractivity contribution is 7.98. The lowest BCUT2D eigenvalue weighted by Gasteiger charge is -2.00. The average Bonchev–Trinajstić information content (AvgIpc) is 3.15. The average molecular weight is 359 g/mol. The Labute approximate surface area is 147 Å². The third-order valence-corrected chi connectivity index (χ3v) is 5.13. The van der Waals surface area contributed by atoms with Crippen LogP contribution in [0.2, 0.25) is 5.02 Å². The lowest BCUT2D eigenvalue weighted by molar-refractivity contribution is 0.279. The molecule has 1 N–H and O–H groups in total. The van der Waals surface area contributed by atoms with Gasteiger partial charge in [-0.15, -0.1) is 10.2 Å². The van der Waals surface area contributed by atoms with Crippen molar-refractivity contribution in [1.29, 1.82) is 0 Å². The Morgan fingerprint density at radius 1 is 1.00 bits per heavy atom. The van der Waals surface area contributed by atoms with Gasteiger partial charge < -0.3 is 9.67 Å². The topological polar surface area (TPSA) is 55.4 Å². The second-order valence-corrected chi connectivity index (χ2v) is 6.78. The predicted molar refractivity (Wildman–Crippen MR) is 96.6 cm³/mol. The fraction of sp³-hybridized carbons (Fsp3) is 0.176. The Balaban J connectivity index is 1.73. The van der Waals surface area contributed by atoms with E-state index in [0.29, 0.717) is 6.54 Å². The fourth-order valence-electron chi connectivity index (χ4n) is 2.78. The van der Waals surface area contributed by atoms with Crippen LogP contribution in [0.15, 0.2) is 53.7 Å². The number of rotatable bonds is 5. The number of hydrogen-bond donors (Lipinski definition) is 1. The minimum Gasteiger partial charge on any atom is -0.395 e. The Morgan fingerprint density at radius 2 is 1.75 bits per heavy atom. The van der Waals surface area contributed by atoms with Gasteiger partial charge in [-0.1, -0.05) is 47.6 Å². The van der Waals surface area contributed by atoms with Crippen molar-refractivity contribution < 1.29 is 5.11 Å². The fourth-order valence-corrected chi connectivity index (χ4v) is 3.80. The molecule has 4 rings (SSSR count). The molecule has 2 heterocycles. The number of halogens is 1. The zero-order chi connectivity index (χ0) is 16.5. The molecule has 0 aliphatic heterocycles. The first-order chi connectivity index (χ1) is 11.8. The smallest absolute Gasteiger partial charge is 0.237 e. The molecule has 0 radical (unpaired) electrons. The monoisotopic (exact) mass is 358 g/mol. The van der Waals surface area contributed by atoms with Crippen LogP contribution in [0.4, 0.5) is 0 Å². The Morgan fingerprint density at radius 3 is 2.50 bits per heavy atom. The van der Waals surface area contributed by atoms with Gasteiger partial charge in [-0.05, 0) is 29.8 Å². The molecular weight excluding hydrogens is 344 g/mol. The molecule has 0 bridgehead atoms. The van der Waals surface area contributed by atoms with Crippen LogP contribution >= 0.6 is 23.4 Å². The first-order valence-electron chi connectivity index (χ1n) is 7.58. The molecule has 0 amide bonds. The molecular formula is C17H15ClN4OS. The number of benzene rings is 2. The molecule has 0 aliphatic carbocycles. The van der Waals surface area contributed by atoms with Crippen LogP contribution in [0.5, 0.6) is 0 Å². The van der Waals surface area contributed by atoms with E-state index in [-0.39, 0.29) is 6.61 Å². The van der Waals surface area contributed by atoms with Gasteiger partial charge in [0, 0.05) is 17.3 Å². The summed E-state index contributed by atoms with van der Waals surface area (Å²) in [5, 5.41) is 19.6. The van der Waals surface area contributed by atoms with Gasteiger partial charge in [-0.2, -0.15) is 0 Å². The minimum absolute atomic E-state index is 0.0639. The third kappa shape index (κ3) is 2.66. The lowest BCUT2D eigenvalue weighted by Crippen LogP contribution is -2.02. The van der Waals surface area contributed by atoms with Crippen molar-refractivity contribution in [3.63, 3.8) is 0 Å². The van der Waals surface area contributed by atoms with E-state index in [1.165, 1.54) is 5.56 Å². The van der Waals surface area contributed by atoms with E-state index in [4.69, 9.17) is 11.6 Å². The summed E-state index contributed by atoms with van der Waals surface area (Å²) in [7, 11) is 0. The Kier molecular flexibility index (Phi) is 4.18. The maximum atomic E-state index is 9.34. The zero-order valence-corrected chi connectivity index (χ0v) is 14.3. The quantitative estimate of drug-likeness (QED) is 0.553. The van der Waals surface area contributed by atoms with Gasteiger partial charge in [-0.25, -0.2) is 0 Å². The van der Waals surface area contributed by atoms with Gasteiger partial charge >= 0.3 is 0 Å². The molecule has 0 spiro atoms. The number of aromatic nitrogens is 4. The predicted octanol–water partition coefficient (Wildman–Crippen LogP) is 3.62. The molecule has 4 aromatic rings. The summed E-state index contributed by atoms with van der Waals surface area (Å²) < 4.78 is 4.04. The summed E-state index contributed by atoms with van der Waals surface area (Å²) in [5.41, 5.74) is 3.27. The maximum Gasteiger partial charge on any atom is 0.237 e. The van der Waals surface area contributed by atoms with E-state index in [2.05, 4.69) is 10.2 Å². The zero-order valence-electron chi connectivity index (χ0n) is 12.8. The van der Waals surface area contributed by atoms with Crippen LogP contribution in [0.1, 0.15) is 5.56 Å². The summed E-state index contributed by atoms with van der Waals surface area (Å²) in [6.07, 6.45) is 0. The van der Waals surface area contributed by atoms with E-state index in [9.17, 15) is 5.11 Å². The number of aliphatic hydroxyl groups is 1. The first kappa shape index (κ1) is 15.5. The van der Waals surface area contributed by atoms with Gasteiger partial charge in [0.1, 0.15) is 0 Å². The molecule has 0 fully saturated rings.